The third-order valence-corrected chi connectivity index (χ3v) is 6.64. The molecular weight excluding hydrogens is 478 g/mol. The summed E-state index contributed by atoms with van der Waals surface area (Å²) in [5, 5.41) is 14.1. The highest BCUT2D eigenvalue weighted by molar-refractivity contribution is 5.95. The van der Waals surface area contributed by atoms with Crippen molar-refractivity contribution in [2.75, 3.05) is 25.0 Å². The molecule has 0 radical (unpaired) electrons. The van der Waals surface area contributed by atoms with E-state index in [1.165, 1.54) is 4.90 Å². The van der Waals surface area contributed by atoms with E-state index < -0.39 is 23.3 Å². The Morgan fingerprint density at radius 1 is 1.16 bits per heavy atom. The van der Waals surface area contributed by atoms with Crippen molar-refractivity contribution >= 4 is 29.3 Å². The molecule has 0 aromatic heterocycles. The van der Waals surface area contributed by atoms with Crippen molar-refractivity contribution in [1.29, 1.82) is 0 Å². The highest BCUT2D eigenvalue weighted by Crippen LogP contribution is 2.37. The first-order chi connectivity index (χ1) is 17.6. The molecule has 0 spiro atoms. The Hall–Kier alpha value is -3.96. The van der Waals surface area contributed by atoms with Crippen molar-refractivity contribution in [2.24, 2.45) is 5.73 Å². The van der Waals surface area contributed by atoms with E-state index in [-0.39, 0.29) is 24.9 Å². The van der Waals surface area contributed by atoms with Gasteiger partial charge in [0.2, 0.25) is 17.7 Å². The molecule has 6 N–H and O–H groups in total. The van der Waals surface area contributed by atoms with Crippen LogP contribution < -0.4 is 26.6 Å². The second-order valence-corrected chi connectivity index (χ2v) is 9.22. The summed E-state index contributed by atoms with van der Waals surface area (Å²) in [6, 6.07) is 12.1. The number of nitrogens with zero attached hydrogens (tertiary/aromatic N) is 1. The predicted octanol–water partition coefficient (Wildman–Crippen LogP) is 0.971. The molecule has 0 saturated carbocycles. The molecule has 2 atom stereocenters. The summed E-state index contributed by atoms with van der Waals surface area (Å²) in [5.41, 5.74) is 9.24. The third-order valence-electron chi connectivity index (χ3n) is 6.64. The highest BCUT2D eigenvalue weighted by Gasteiger charge is 2.46. The summed E-state index contributed by atoms with van der Waals surface area (Å²) in [6.07, 6.45) is 0.552. The Morgan fingerprint density at radius 2 is 1.86 bits per heavy atom. The van der Waals surface area contributed by atoms with Crippen LogP contribution in [-0.4, -0.2) is 59.4 Å². The van der Waals surface area contributed by atoms with Crippen LogP contribution in [0.2, 0.25) is 0 Å². The molecule has 11 nitrogen and oxygen atoms in total. The molecule has 3 rings (SSSR count). The number of benzene rings is 2. The average Bonchev–Trinajstić information content (AvgIpc) is 3.21. The van der Waals surface area contributed by atoms with Gasteiger partial charge in [-0.25, -0.2) is 5.48 Å². The molecule has 2 unspecified atom stereocenters. The van der Waals surface area contributed by atoms with Gasteiger partial charge in [-0.2, -0.15) is 0 Å². The summed E-state index contributed by atoms with van der Waals surface area (Å²) >= 11 is 0. The van der Waals surface area contributed by atoms with E-state index in [0.29, 0.717) is 31.0 Å². The molecule has 0 aliphatic carbocycles. The molecular formula is C26H33N5O6. The molecule has 1 heterocycles. The van der Waals surface area contributed by atoms with Gasteiger partial charge in [0.05, 0.1) is 18.5 Å². The number of rotatable bonds is 10. The van der Waals surface area contributed by atoms with E-state index in [2.05, 4.69) is 10.6 Å². The van der Waals surface area contributed by atoms with E-state index in [4.69, 9.17) is 15.7 Å². The molecule has 0 bridgehead atoms. The number of carbonyl (C=O) groups excluding carboxylic acids is 4. The maximum atomic E-state index is 13.1. The quantitative estimate of drug-likeness (QED) is 0.234. The molecule has 198 valence electrons. The minimum Gasteiger partial charge on any atom is -0.489 e. The van der Waals surface area contributed by atoms with Gasteiger partial charge in [-0.1, -0.05) is 24.3 Å². The average molecular weight is 512 g/mol. The van der Waals surface area contributed by atoms with Gasteiger partial charge in [0.25, 0.3) is 5.91 Å². The number of hydrogen-bond donors (Lipinski definition) is 5. The van der Waals surface area contributed by atoms with Gasteiger partial charge < -0.3 is 26.0 Å². The lowest BCUT2D eigenvalue weighted by molar-refractivity contribution is -0.143. The summed E-state index contributed by atoms with van der Waals surface area (Å²) in [4.78, 5) is 49.5. The van der Waals surface area contributed by atoms with Gasteiger partial charge in [0.15, 0.2) is 0 Å². The van der Waals surface area contributed by atoms with Gasteiger partial charge in [-0.15, -0.1) is 0 Å². The lowest BCUT2D eigenvalue weighted by Gasteiger charge is -2.27. The number of anilines is 1. The molecule has 1 saturated heterocycles. The number of carbonyl (C=O) groups is 4. The van der Waals surface area contributed by atoms with Crippen LogP contribution in [0.1, 0.15) is 37.0 Å². The van der Waals surface area contributed by atoms with Gasteiger partial charge >= 0.3 is 0 Å². The van der Waals surface area contributed by atoms with E-state index in [9.17, 15) is 19.2 Å². The van der Waals surface area contributed by atoms with Crippen molar-refractivity contribution in [1.82, 2.24) is 15.7 Å². The van der Waals surface area contributed by atoms with Crippen LogP contribution >= 0.6 is 0 Å². The SMILES string of the molecule is Cc1cc(COc2ccc(C3(C)CCN(C(C)C(=O)NO)C3=O)cc2)ccc1NC(=O)CNC(=O)CN. The topological polar surface area (TPSA) is 163 Å². The Kier molecular flexibility index (Phi) is 8.85. The number of nitrogens with two attached hydrogens (primary N) is 1. The maximum Gasteiger partial charge on any atom is 0.265 e. The molecule has 1 aliphatic rings. The smallest absolute Gasteiger partial charge is 0.265 e. The van der Waals surface area contributed by atoms with E-state index in [1.807, 2.05) is 38.1 Å². The van der Waals surface area contributed by atoms with Gasteiger partial charge in [0, 0.05) is 12.2 Å². The van der Waals surface area contributed by atoms with Crippen molar-refractivity contribution < 1.29 is 29.1 Å². The third kappa shape index (κ3) is 6.43. The predicted molar refractivity (Wildman–Crippen MR) is 136 cm³/mol. The molecule has 11 heteroatoms. The van der Waals surface area contributed by atoms with Crippen LogP contribution in [-0.2, 0) is 31.2 Å². The number of amides is 4. The van der Waals surface area contributed by atoms with Gasteiger partial charge in [-0.05, 0) is 62.1 Å². The second-order valence-electron chi connectivity index (χ2n) is 9.22. The summed E-state index contributed by atoms with van der Waals surface area (Å²) in [5.74, 6) is -0.907. The molecule has 2 aromatic carbocycles. The van der Waals surface area contributed by atoms with E-state index in [1.54, 1.807) is 30.6 Å². The molecule has 2 aromatic rings. The largest absolute Gasteiger partial charge is 0.489 e. The van der Waals surface area contributed by atoms with E-state index in [0.717, 1.165) is 16.7 Å². The zero-order chi connectivity index (χ0) is 27.2. The van der Waals surface area contributed by atoms with Crippen molar-refractivity contribution in [3.63, 3.8) is 0 Å². The fourth-order valence-electron chi connectivity index (χ4n) is 4.23. The lowest BCUT2D eigenvalue weighted by Crippen LogP contribution is -2.47. The van der Waals surface area contributed by atoms with Crippen LogP contribution in [0.25, 0.3) is 0 Å². The normalized spacial score (nSPS) is 17.8. The van der Waals surface area contributed by atoms with Crippen LogP contribution in [0.3, 0.4) is 0 Å². The molecule has 1 aliphatic heterocycles. The lowest BCUT2D eigenvalue weighted by atomic mass is 9.81. The fourth-order valence-corrected chi connectivity index (χ4v) is 4.23. The van der Waals surface area contributed by atoms with Gasteiger partial charge in [-0.3, -0.25) is 24.4 Å². The van der Waals surface area contributed by atoms with Gasteiger partial charge in [0.1, 0.15) is 18.4 Å². The zero-order valence-electron chi connectivity index (χ0n) is 21.2. The summed E-state index contributed by atoms with van der Waals surface area (Å²) in [7, 11) is 0. The molecule has 1 fully saturated rings. The zero-order valence-corrected chi connectivity index (χ0v) is 21.2. The van der Waals surface area contributed by atoms with Crippen molar-refractivity contribution in [3.05, 3.63) is 59.2 Å². The number of likely N-dealkylation sites (tertiary alicyclic amines) is 1. The molecule has 4 amide bonds. The second kappa shape index (κ2) is 11.8. The van der Waals surface area contributed by atoms with Crippen LogP contribution in [0, 0.1) is 6.92 Å². The first-order valence-electron chi connectivity index (χ1n) is 11.9. The van der Waals surface area contributed by atoms with Crippen LogP contribution in [0.4, 0.5) is 5.69 Å². The minimum atomic E-state index is -0.771. The monoisotopic (exact) mass is 511 g/mol. The Bertz CT molecular complexity index is 1170. The number of hydrogen-bond acceptors (Lipinski definition) is 7. The number of ether oxygens (including phenoxy) is 1. The highest BCUT2D eigenvalue weighted by atomic mass is 16.5. The number of aryl methyl sites for hydroxylation is 1. The number of nitrogens with one attached hydrogen (secondary N) is 3. The first-order valence-corrected chi connectivity index (χ1v) is 11.9. The Labute approximate surface area is 215 Å². The number of hydroxylamine groups is 1. The first kappa shape index (κ1) is 27.6. The van der Waals surface area contributed by atoms with E-state index >= 15 is 0 Å². The maximum absolute atomic E-state index is 13.1. The summed E-state index contributed by atoms with van der Waals surface area (Å²) < 4.78 is 5.91. The Balaban J connectivity index is 1.58. The van der Waals surface area contributed by atoms with Crippen LogP contribution in [0.15, 0.2) is 42.5 Å². The fraction of sp³-hybridized carbons (Fsp3) is 0.385. The van der Waals surface area contributed by atoms with Crippen molar-refractivity contribution in [3.8, 4) is 5.75 Å². The standard InChI is InChI=1S/C26H33N5O6/c1-16-12-18(4-9-21(16)29-23(33)14-28-22(32)13-27)15-37-20-7-5-19(6-8-20)26(3)10-11-31(25(26)35)17(2)24(34)30-36/h4-9,12,17,36H,10-11,13-15,27H2,1-3H3,(H,28,32)(H,29,33)(H,30,34). The van der Waals surface area contributed by atoms with Crippen molar-refractivity contribution in [2.45, 2.75) is 45.3 Å². The minimum absolute atomic E-state index is 0.157. The molecule has 37 heavy (non-hydrogen) atoms. The van der Waals surface area contributed by atoms with Crippen LogP contribution in [0.5, 0.6) is 5.75 Å². The summed E-state index contributed by atoms with van der Waals surface area (Å²) in [6.45, 7) is 5.68. The Morgan fingerprint density at radius 3 is 2.49 bits per heavy atom.